The molecule has 1 amide bonds. The second-order valence-electron chi connectivity index (χ2n) is 8.60. The van der Waals surface area contributed by atoms with Crippen LogP contribution in [0.3, 0.4) is 0 Å². The molecule has 0 saturated carbocycles. The number of halogens is 2. The van der Waals surface area contributed by atoms with E-state index in [0.717, 1.165) is 22.2 Å². The molecule has 2 heterocycles. The summed E-state index contributed by atoms with van der Waals surface area (Å²) < 4.78 is 11.7. The minimum atomic E-state index is -0.404. The van der Waals surface area contributed by atoms with Gasteiger partial charge >= 0.3 is 0 Å². The summed E-state index contributed by atoms with van der Waals surface area (Å²) in [5.74, 6) is 1.19. The Labute approximate surface area is 234 Å². The molecule has 0 aliphatic heterocycles. The zero-order valence-corrected chi connectivity index (χ0v) is 22.7. The molecule has 9 heteroatoms. The van der Waals surface area contributed by atoms with Crippen LogP contribution in [0.5, 0.6) is 0 Å². The Kier molecular flexibility index (Phi) is 7.33. The first-order valence-electron chi connectivity index (χ1n) is 11.6. The number of carbonyl (C=O) groups excluding carboxylic acids is 1. The van der Waals surface area contributed by atoms with E-state index >= 15 is 0 Å². The summed E-state index contributed by atoms with van der Waals surface area (Å²) in [6.07, 6.45) is 2.88. The molecule has 2 N–H and O–H groups in total. The van der Waals surface area contributed by atoms with Gasteiger partial charge in [-0.25, -0.2) is 4.98 Å². The monoisotopic (exact) mass is 561 g/mol. The lowest BCUT2D eigenvalue weighted by Gasteiger charge is -2.08. The molecule has 0 bridgehead atoms. The van der Waals surface area contributed by atoms with Crippen LogP contribution < -0.4 is 10.6 Å². The van der Waals surface area contributed by atoms with Crippen molar-refractivity contribution in [1.82, 2.24) is 10.3 Å². The number of aryl methyl sites for hydroxylation is 2. The number of fused-ring (bicyclic) bond motifs is 1. The Morgan fingerprint density at radius 1 is 0.947 bits per heavy atom. The van der Waals surface area contributed by atoms with E-state index in [-0.39, 0.29) is 5.11 Å². The lowest BCUT2D eigenvalue weighted by molar-refractivity contribution is -0.115. The first kappa shape index (κ1) is 25.7. The van der Waals surface area contributed by atoms with Crippen LogP contribution in [0, 0.1) is 13.8 Å². The molecule has 190 valence electrons. The van der Waals surface area contributed by atoms with E-state index in [0.29, 0.717) is 38.7 Å². The third kappa shape index (κ3) is 5.81. The molecule has 0 unspecified atom stereocenters. The average Bonchev–Trinajstić information content (AvgIpc) is 3.50. The highest BCUT2D eigenvalue weighted by atomic mass is 35.5. The van der Waals surface area contributed by atoms with Gasteiger partial charge in [-0.1, -0.05) is 23.2 Å². The number of oxazole rings is 1. The number of carbonyl (C=O) groups is 1. The topological polar surface area (TPSA) is 80.3 Å². The van der Waals surface area contributed by atoms with Crippen molar-refractivity contribution in [2.45, 2.75) is 13.8 Å². The average molecular weight is 562 g/mol. The number of nitrogens with zero attached hydrogens (tertiary/aromatic N) is 1. The lowest BCUT2D eigenvalue weighted by Crippen LogP contribution is -2.32. The molecule has 5 aromatic rings. The number of benzene rings is 3. The SMILES string of the molecule is Cc1cc2nc(-c3ccc(NC(=S)NC(=O)/C=C/c4ccc(-c5ccc(Cl)cc5Cl)o4)cc3)oc2cc1C. The van der Waals surface area contributed by atoms with Crippen molar-refractivity contribution in [2.75, 3.05) is 5.32 Å². The largest absolute Gasteiger partial charge is 0.457 e. The van der Waals surface area contributed by atoms with Crippen LogP contribution in [0.15, 0.2) is 81.6 Å². The number of amides is 1. The number of thiocarbonyl (C=S) groups is 1. The van der Waals surface area contributed by atoms with Crippen molar-refractivity contribution in [3.63, 3.8) is 0 Å². The maximum Gasteiger partial charge on any atom is 0.250 e. The molecule has 0 saturated heterocycles. The second kappa shape index (κ2) is 10.8. The lowest BCUT2D eigenvalue weighted by atomic mass is 10.1. The molecule has 0 spiro atoms. The molecule has 0 radical (unpaired) electrons. The normalized spacial score (nSPS) is 11.3. The number of anilines is 1. The minimum absolute atomic E-state index is 0.160. The summed E-state index contributed by atoms with van der Waals surface area (Å²) in [5, 5.41) is 6.78. The fraction of sp³-hybridized carbons (Fsp3) is 0.0690. The molecule has 0 aliphatic carbocycles. The summed E-state index contributed by atoms with van der Waals surface area (Å²) in [7, 11) is 0. The van der Waals surface area contributed by atoms with E-state index in [1.165, 1.54) is 11.6 Å². The predicted molar refractivity (Wildman–Crippen MR) is 156 cm³/mol. The van der Waals surface area contributed by atoms with E-state index in [1.807, 2.05) is 50.2 Å². The summed E-state index contributed by atoms with van der Waals surface area (Å²) in [5.41, 5.74) is 6.14. The van der Waals surface area contributed by atoms with Crippen LogP contribution in [-0.4, -0.2) is 16.0 Å². The van der Waals surface area contributed by atoms with Gasteiger partial charge in [0.25, 0.3) is 0 Å². The van der Waals surface area contributed by atoms with Gasteiger partial charge in [-0.3, -0.25) is 10.1 Å². The fourth-order valence-corrected chi connectivity index (χ4v) is 4.47. The molecule has 2 aromatic heterocycles. The predicted octanol–water partition coefficient (Wildman–Crippen LogP) is 8.20. The highest BCUT2D eigenvalue weighted by Crippen LogP contribution is 2.32. The smallest absolute Gasteiger partial charge is 0.250 e. The fourth-order valence-electron chi connectivity index (χ4n) is 3.75. The molecule has 5 rings (SSSR count). The van der Waals surface area contributed by atoms with Crippen molar-refractivity contribution >= 4 is 69.3 Å². The van der Waals surface area contributed by atoms with Gasteiger partial charge in [-0.2, -0.15) is 0 Å². The van der Waals surface area contributed by atoms with Crippen LogP contribution in [-0.2, 0) is 4.79 Å². The number of furan rings is 1. The molecule has 6 nitrogen and oxygen atoms in total. The highest BCUT2D eigenvalue weighted by Gasteiger charge is 2.11. The zero-order valence-electron chi connectivity index (χ0n) is 20.3. The summed E-state index contributed by atoms with van der Waals surface area (Å²) in [6.45, 7) is 4.09. The van der Waals surface area contributed by atoms with Gasteiger partial charge in [0.15, 0.2) is 10.7 Å². The van der Waals surface area contributed by atoms with Crippen LogP contribution in [0.25, 0.3) is 40.0 Å². The van der Waals surface area contributed by atoms with Gasteiger partial charge in [0.1, 0.15) is 17.0 Å². The van der Waals surface area contributed by atoms with E-state index in [9.17, 15) is 4.79 Å². The van der Waals surface area contributed by atoms with E-state index < -0.39 is 5.91 Å². The van der Waals surface area contributed by atoms with Crippen molar-refractivity contribution in [1.29, 1.82) is 0 Å². The molecule has 0 atom stereocenters. The van der Waals surface area contributed by atoms with E-state index in [4.69, 9.17) is 44.3 Å². The third-order valence-corrected chi connectivity index (χ3v) is 6.60. The molecular formula is C29H21Cl2N3O3S. The molecule has 0 aliphatic rings. The standard InChI is InChI=1S/C29H21Cl2N3O3S/c1-16-13-24-26(14-17(16)2)37-28(33-24)18-3-6-20(7-4-18)32-29(38)34-27(35)12-9-21-8-11-25(36-21)22-10-5-19(30)15-23(22)31/h3-15H,1-2H3,(H2,32,34,35,38)/b12-9+. The van der Waals surface area contributed by atoms with Gasteiger partial charge in [0.05, 0.1) is 5.02 Å². The molecule has 3 aromatic carbocycles. The Bertz CT molecular complexity index is 1670. The van der Waals surface area contributed by atoms with Crippen molar-refractivity contribution in [2.24, 2.45) is 0 Å². The Hall–Kier alpha value is -3.91. The van der Waals surface area contributed by atoms with Gasteiger partial charge < -0.3 is 14.2 Å². The Morgan fingerprint density at radius 3 is 2.47 bits per heavy atom. The van der Waals surface area contributed by atoms with Crippen LogP contribution in [0.1, 0.15) is 16.9 Å². The van der Waals surface area contributed by atoms with Crippen molar-refractivity contribution in [3.8, 4) is 22.8 Å². The first-order valence-corrected chi connectivity index (χ1v) is 12.7. The van der Waals surface area contributed by atoms with Gasteiger partial charge in [0.2, 0.25) is 11.8 Å². The molecule has 0 fully saturated rings. The number of nitrogens with one attached hydrogen (secondary N) is 2. The quantitative estimate of drug-likeness (QED) is 0.166. The Morgan fingerprint density at radius 2 is 1.71 bits per heavy atom. The molecular weight excluding hydrogens is 541 g/mol. The number of hydrogen-bond acceptors (Lipinski definition) is 5. The maximum absolute atomic E-state index is 12.3. The van der Waals surface area contributed by atoms with Crippen molar-refractivity contribution < 1.29 is 13.6 Å². The highest BCUT2D eigenvalue weighted by molar-refractivity contribution is 7.80. The first-order chi connectivity index (χ1) is 18.2. The summed E-state index contributed by atoms with van der Waals surface area (Å²) in [4.78, 5) is 16.9. The number of aromatic nitrogens is 1. The zero-order chi connectivity index (χ0) is 26.8. The van der Waals surface area contributed by atoms with Gasteiger partial charge in [0, 0.05) is 27.9 Å². The van der Waals surface area contributed by atoms with Crippen LogP contribution >= 0.6 is 35.4 Å². The van der Waals surface area contributed by atoms with E-state index in [1.54, 1.807) is 36.4 Å². The second-order valence-corrected chi connectivity index (χ2v) is 9.86. The molecule has 38 heavy (non-hydrogen) atoms. The minimum Gasteiger partial charge on any atom is -0.457 e. The summed E-state index contributed by atoms with van der Waals surface area (Å²) in [6, 6.07) is 20.1. The van der Waals surface area contributed by atoms with E-state index in [2.05, 4.69) is 15.6 Å². The maximum atomic E-state index is 12.3. The van der Waals surface area contributed by atoms with Crippen LogP contribution in [0.2, 0.25) is 10.0 Å². The van der Waals surface area contributed by atoms with Crippen LogP contribution in [0.4, 0.5) is 5.69 Å². The third-order valence-electron chi connectivity index (χ3n) is 5.85. The van der Waals surface area contributed by atoms with Crippen molar-refractivity contribution in [3.05, 3.63) is 99.7 Å². The number of hydrogen-bond donors (Lipinski definition) is 2. The van der Waals surface area contributed by atoms with Gasteiger partial charge in [-0.05, 0) is 110 Å². The summed E-state index contributed by atoms with van der Waals surface area (Å²) >= 11 is 17.5. The Balaban J connectivity index is 1.18. The van der Waals surface area contributed by atoms with Gasteiger partial charge in [-0.15, -0.1) is 0 Å². The number of rotatable bonds is 5.